The molecular formula is C18H22ClF3N4O2. The Morgan fingerprint density at radius 1 is 1.39 bits per heavy atom. The van der Waals surface area contributed by atoms with Gasteiger partial charge in [0.2, 0.25) is 5.91 Å². The fourth-order valence-corrected chi connectivity index (χ4v) is 3.17. The van der Waals surface area contributed by atoms with Crippen LogP contribution in [0.2, 0.25) is 0 Å². The molecule has 1 aliphatic rings. The number of ether oxygens (including phenoxy) is 1. The van der Waals surface area contributed by atoms with Crippen molar-refractivity contribution in [2.75, 3.05) is 25.0 Å². The number of benzene rings is 1. The molecule has 28 heavy (non-hydrogen) atoms. The minimum Gasteiger partial charge on any atom is -0.482 e. The maximum absolute atomic E-state index is 12.8. The van der Waals surface area contributed by atoms with Gasteiger partial charge in [-0.2, -0.15) is 18.3 Å². The van der Waals surface area contributed by atoms with E-state index >= 15 is 0 Å². The first-order chi connectivity index (χ1) is 12.7. The number of aryl methyl sites for hydroxylation is 2. The van der Waals surface area contributed by atoms with Crippen molar-refractivity contribution >= 4 is 24.0 Å². The third kappa shape index (κ3) is 5.39. The molecule has 3 rings (SSSR count). The lowest BCUT2D eigenvalue weighted by molar-refractivity contribution is -0.153. The van der Waals surface area contributed by atoms with Gasteiger partial charge in [-0.05, 0) is 30.2 Å². The number of nitrogens with one attached hydrogen (secondary N) is 2. The Labute approximate surface area is 166 Å². The number of hydrogen-bond acceptors (Lipinski definition) is 4. The van der Waals surface area contributed by atoms with Gasteiger partial charge in [0.15, 0.2) is 6.61 Å². The van der Waals surface area contributed by atoms with Crippen molar-refractivity contribution in [1.82, 2.24) is 15.1 Å². The molecule has 10 heteroatoms. The largest absolute Gasteiger partial charge is 0.482 e. The number of carbonyl (C=O) groups excluding carboxylic acids is 1. The lowest BCUT2D eigenvalue weighted by Crippen LogP contribution is -2.28. The van der Waals surface area contributed by atoms with Gasteiger partial charge >= 0.3 is 6.18 Å². The van der Waals surface area contributed by atoms with Crippen molar-refractivity contribution in [3.05, 3.63) is 41.7 Å². The fraction of sp³-hybridized carbons (Fsp3) is 0.444. The Morgan fingerprint density at radius 2 is 2.14 bits per heavy atom. The summed E-state index contributed by atoms with van der Waals surface area (Å²) in [5, 5.41) is 10.1. The van der Waals surface area contributed by atoms with Gasteiger partial charge in [-0.15, -0.1) is 12.4 Å². The third-order valence-corrected chi connectivity index (χ3v) is 4.49. The predicted octanol–water partition coefficient (Wildman–Crippen LogP) is 3.03. The zero-order valence-electron chi connectivity index (χ0n) is 15.4. The summed E-state index contributed by atoms with van der Waals surface area (Å²) in [6.45, 7) is 1.44. The molecule has 2 aromatic rings. The van der Waals surface area contributed by atoms with Gasteiger partial charge in [0.25, 0.3) is 0 Å². The Morgan fingerprint density at radius 3 is 2.79 bits per heavy atom. The normalized spacial score (nSPS) is 19.2. The van der Waals surface area contributed by atoms with Crippen LogP contribution in [0, 0.1) is 12.8 Å². The van der Waals surface area contributed by atoms with Crippen molar-refractivity contribution < 1.29 is 22.7 Å². The summed E-state index contributed by atoms with van der Waals surface area (Å²) in [6.07, 6.45) is -0.866. The van der Waals surface area contributed by atoms with E-state index in [1.165, 1.54) is 6.07 Å². The van der Waals surface area contributed by atoms with Crippen LogP contribution in [-0.2, 0) is 11.8 Å². The monoisotopic (exact) mass is 418 g/mol. The van der Waals surface area contributed by atoms with Crippen LogP contribution in [0.1, 0.15) is 17.0 Å². The van der Waals surface area contributed by atoms with Crippen LogP contribution in [0.15, 0.2) is 30.6 Å². The van der Waals surface area contributed by atoms with Crippen LogP contribution in [-0.4, -0.2) is 41.6 Å². The Hall–Kier alpha value is -2.26. The predicted molar refractivity (Wildman–Crippen MR) is 101 cm³/mol. The number of halogens is 4. The van der Waals surface area contributed by atoms with Crippen molar-refractivity contribution in [2.24, 2.45) is 13.0 Å². The van der Waals surface area contributed by atoms with E-state index in [9.17, 15) is 18.0 Å². The maximum atomic E-state index is 12.8. The number of aromatic nitrogens is 2. The molecule has 1 amide bonds. The second-order valence-corrected chi connectivity index (χ2v) is 6.71. The Balaban J connectivity index is 0.00000280. The SMILES string of the molecule is Cc1ccc(NC(=O)[C@H]2CNC[C@@H]2c2cnn(C)c2)c(OCC(F)(F)F)c1.Cl. The van der Waals surface area contributed by atoms with Crippen molar-refractivity contribution in [3.8, 4) is 5.75 Å². The lowest BCUT2D eigenvalue weighted by atomic mass is 9.90. The van der Waals surface area contributed by atoms with E-state index in [4.69, 9.17) is 4.74 Å². The van der Waals surface area contributed by atoms with E-state index in [1.54, 1.807) is 37.0 Å². The maximum Gasteiger partial charge on any atom is 0.422 e. The minimum absolute atomic E-state index is 0. The van der Waals surface area contributed by atoms with Crippen molar-refractivity contribution in [2.45, 2.75) is 19.0 Å². The highest BCUT2D eigenvalue weighted by Gasteiger charge is 2.35. The summed E-state index contributed by atoms with van der Waals surface area (Å²) >= 11 is 0. The third-order valence-electron chi connectivity index (χ3n) is 4.49. The number of hydrogen-bond donors (Lipinski definition) is 2. The quantitative estimate of drug-likeness (QED) is 0.783. The van der Waals surface area contributed by atoms with E-state index in [2.05, 4.69) is 15.7 Å². The lowest BCUT2D eigenvalue weighted by Gasteiger charge is -2.19. The van der Waals surface area contributed by atoms with Crippen LogP contribution in [0.5, 0.6) is 5.75 Å². The number of amides is 1. The second kappa shape index (κ2) is 8.83. The number of alkyl halides is 3. The van der Waals surface area contributed by atoms with Gasteiger partial charge in [0.05, 0.1) is 17.8 Å². The smallest absolute Gasteiger partial charge is 0.422 e. The van der Waals surface area contributed by atoms with E-state index in [-0.39, 0.29) is 41.6 Å². The molecular weight excluding hydrogens is 397 g/mol. The number of nitrogens with zero attached hydrogens (tertiary/aromatic N) is 2. The highest BCUT2D eigenvalue weighted by atomic mass is 35.5. The summed E-state index contributed by atoms with van der Waals surface area (Å²) in [5.41, 5.74) is 1.91. The van der Waals surface area contributed by atoms with E-state index in [0.29, 0.717) is 13.1 Å². The summed E-state index contributed by atoms with van der Waals surface area (Å²) < 4.78 is 44.0. The van der Waals surface area contributed by atoms with Gasteiger partial charge in [0.1, 0.15) is 5.75 Å². The molecule has 2 heterocycles. The van der Waals surface area contributed by atoms with E-state index in [1.807, 2.05) is 6.20 Å². The zero-order valence-corrected chi connectivity index (χ0v) is 16.2. The first-order valence-electron chi connectivity index (χ1n) is 8.53. The summed E-state index contributed by atoms with van der Waals surface area (Å²) in [5.74, 6) is -0.672. The Bertz CT molecular complexity index is 825. The van der Waals surface area contributed by atoms with Crippen molar-refractivity contribution in [1.29, 1.82) is 0 Å². The average molecular weight is 419 g/mol. The highest BCUT2D eigenvalue weighted by molar-refractivity contribution is 5.95. The molecule has 1 saturated heterocycles. The van der Waals surface area contributed by atoms with Gasteiger partial charge in [0, 0.05) is 32.3 Å². The fourth-order valence-electron chi connectivity index (χ4n) is 3.17. The molecule has 6 nitrogen and oxygen atoms in total. The zero-order chi connectivity index (χ0) is 19.6. The molecule has 0 unspecified atom stereocenters. The minimum atomic E-state index is -4.45. The molecule has 2 N–H and O–H groups in total. The highest BCUT2D eigenvalue weighted by Crippen LogP contribution is 2.32. The molecule has 2 atom stereocenters. The van der Waals surface area contributed by atoms with Gasteiger partial charge in [-0.3, -0.25) is 9.48 Å². The molecule has 0 aliphatic carbocycles. The van der Waals surface area contributed by atoms with Gasteiger partial charge < -0.3 is 15.4 Å². The molecule has 154 valence electrons. The molecule has 0 bridgehead atoms. The summed E-state index contributed by atoms with van der Waals surface area (Å²) in [4.78, 5) is 12.8. The number of carbonyl (C=O) groups is 1. The molecule has 0 radical (unpaired) electrons. The molecule has 1 fully saturated rings. The Kier molecular flexibility index (Phi) is 6.95. The first-order valence-corrected chi connectivity index (χ1v) is 8.53. The first kappa shape index (κ1) is 22.0. The van der Waals surface area contributed by atoms with Crippen molar-refractivity contribution in [3.63, 3.8) is 0 Å². The van der Waals surface area contributed by atoms with Gasteiger partial charge in [-0.1, -0.05) is 6.07 Å². The number of rotatable bonds is 5. The molecule has 1 aromatic carbocycles. The van der Waals surface area contributed by atoms with Crippen LogP contribution in [0.3, 0.4) is 0 Å². The van der Waals surface area contributed by atoms with Crippen LogP contribution >= 0.6 is 12.4 Å². The molecule has 0 spiro atoms. The van der Waals surface area contributed by atoms with Crippen LogP contribution in [0.25, 0.3) is 0 Å². The summed E-state index contributed by atoms with van der Waals surface area (Å²) in [6, 6.07) is 4.74. The van der Waals surface area contributed by atoms with E-state index in [0.717, 1.165) is 11.1 Å². The average Bonchev–Trinajstić information content (AvgIpc) is 3.22. The van der Waals surface area contributed by atoms with Gasteiger partial charge in [-0.25, -0.2) is 0 Å². The van der Waals surface area contributed by atoms with Crippen LogP contribution < -0.4 is 15.4 Å². The standard InChI is InChI=1S/C18H21F3N4O2.ClH/c1-11-3-4-15(16(5-11)27-10-18(19,20)21)24-17(26)14-8-22-7-13(14)12-6-23-25(2)9-12;/h3-6,9,13-14,22H,7-8,10H2,1-2H3,(H,24,26);1H/t13-,14+;/m1./s1. The number of anilines is 1. The van der Waals surface area contributed by atoms with E-state index < -0.39 is 12.8 Å². The molecule has 1 aromatic heterocycles. The van der Waals surface area contributed by atoms with Crippen LogP contribution in [0.4, 0.5) is 18.9 Å². The summed E-state index contributed by atoms with van der Waals surface area (Å²) in [7, 11) is 1.80. The topological polar surface area (TPSA) is 68.2 Å². The molecule has 1 aliphatic heterocycles. The molecule has 0 saturated carbocycles. The second-order valence-electron chi connectivity index (χ2n) is 6.71.